The molecule has 1 aromatic heterocycles. The number of carbonyl (C=O) groups is 1. The van der Waals surface area contributed by atoms with E-state index in [-0.39, 0.29) is 40.9 Å². The van der Waals surface area contributed by atoms with Gasteiger partial charge in [0, 0.05) is 51.1 Å². The molecule has 0 spiro atoms. The van der Waals surface area contributed by atoms with Gasteiger partial charge >= 0.3 is 0 Å². The monoisotopic (exact) mass is 427 g/mol. The van der Waals surface area contributed by atoms with Crippen molar-refractivity contribution in [1.29, 1.82) is 0 Å². The van der Waals surface area contributed by atoms with E-state index in [9.17, 15) is 23.3 Å². The Hall–Kier alpha value is -2.50. The van der Waals surface area contributed by atoms with Crippen molar-refractivity contribution in [2.24, 2.45) is 7.05 Å². The second-order valence-corrected chi connectivity index (χ2v) is 8.64. The number of nitrogens with zero attached hydrogens (tertiary/aromatic N) is 5. The fraction of sp³-hybridized carbons (Fsp3) is 0.375. The molecule has 3 rings (SSSR count). The third kappa shape index (κ3) is 4.01. The Morgan fingerprint density at radius 3 is 2.64 bits per heavy atom. The Labute approximate surface area is 166 Å². The molecule has 0 bridgehead atoms. The van der Waals surface area contributed by atoms with Crippen LogP contribution in [0.5, 0.6) is 0 Å². The Bertz CT molecular complexity index is 1020. The van der Waals surface area contributed by atoms with E-state index < -0.39 is 20.9 Å². The molecule has 0 aliphatic carbocycles. The van der Waals surface area contributed by atoms with Crippen LogP contribution in [0.2, 0.25) is 5.02 Å². The van der Waals surface area contributed by atoms with Crippen molar-refractivity contribution >= 4 is 33.2 Å². The van der Waals surface area contributed by atoms with Crippen molar-refractivity contribution in [1.82, 2.24) is 18.8 Å². The quantitative estimate of drug-likeness (QED) is 0.539. The first-order chi connectivity index (χ1) is 13.2. The van der Waals surface area contributed by atoms with E-state index in [0.29, 0.717) is 13.0 Å². The van der Waals surface area contributed by atoms with Crippen molar-refractivity contribution < 1.29 is 18.1 Å². The Morgan fingerprint density at radius 2 is 2.00 bits per heavy atom. The van der Waals surface area contributed by atoms with Gasteiger partial charge in [-0.05, 0) is 18.6 Å². The molecule has 0 unspecified atom stereocenters. The number of hydrogen-bond donors (Lipinski definition) is 0. The van der Waals surface area contributed by atoms with Crippen molar-refractivity contribution in [3.8, 4) is 0 Å². The van der Waals surface area contributed by atoms with Crippen molar-refractivity contribution in [3.05, 3.63) is 51.4 Å². The Morgan fingerprint density at radius 1 is 1.25 bits per heavy atom. The maximum atomic E-state index is 12.7. The molecule has 0 radical (unpaired) electrons. The number of aromatic nitrogens is 2. The van der Waals surface area contributed by atoms with Crippen LogP contribution in [0, 0.1) is 10.1 Å². The summed E-state index contributed by atoms with van der Waals surface area (Å²) in [5, 5.41) is 10.9. The molecule has 1 saturated heterocycles. The first-order valence-electron chi connectivity index (χ1n) is 8.41. The van der Waals surface area contributed by atoms with Gasteiger partial charge in [-0.15, -0.1) is 0 Å². The number of aryl methyl sites for hydroxylation is 1. The predicted octanol–water partition coefficient (Wildman–Crippen LogP) is 1.52. The third-order valence-corrected chi connectivity index (χ3v) is 6.52. The number of sulfonamides is 1. The minimum absolute atomic E-state index is 0.0388. The largest absolute Gasteiger partial charge is 0.339 e. The summed E-state index contributed by atoms with van der Waals surface area (Å²) in [5.41, 5.74) is -0.209. The van der Waals surface area contributed by atoms with Crippen LogP contribution < -0.4 is 0 Å². The summed E-state index contributed by atoms with van der Waals surface area (Å²) < 4.78 is 28.3. The normalized spacial score (nSPS) is 16.0. The van der Waals surface area contributed by atoms with E-state index in [1.807, 2.05) is 0 Å². The average Bonchev–Trinajstić information content (AvgIpc) is 2.94. The van der Waals surface area contributed by atoms with Gasteiger partial charge in [-0.2, -0.15) is 4.31 Å². The molecule has 2 heterocycles. The van der Waals surface area contributed by atoms with Crippen LogP contribution in [0.4, 0.5) is 5.69 Å². The summed E-state index contributed by atoms with van der Waals surface area (Å²) in [6, 6.07) is 3.87. The number of amides is 1. The molecule has 1 aromatic carbocycles. The molecule has 12 heteroatoms. The number of carbonyl (C=O) groups excluding carboxylic acids is 1. The second-order valence-electron chi connectivity index (χ2n) is 6.35. The van der Waals surface area contributed by atoms with Crippen LogP contribution in [0.15, 0.2) is 35.7 Å². The van der Waals surface area contributed by atoms with Crippen LogP contribution in [0.1, 0.15) is 16.8 Å². The highest BCUT2D eigenvalue weighted by molar-refractivity contribution is 7.89. The van der Waals surface area contributed by atoms with E-state index in [2.05, 4.69) is 4.98 Å². The summed E-state index contributed by atoms with van der Waals surface area (Å²) in [6.45, 7) is 0.870. The van der Waals surface area contributed by atoms with Gasteiger partial charge in [0.05, 0.1) is 11.3 Å². The minimum atomic E-state index is -3.75. The third-order valence-electron chi connectivity index (χ3n) is 4.42. The molecular formula is C16H18ClN5O5S. The van der Waals surface area contributed by atoms with Crippen molar-refractivity contribution in [2.75, 3.05) is 26.2 Å². The molecular weight excluding hydrogens is 410 g/mol. The molecule has 1 fully saturated rings. The highest BCUT2D eigenvalue weighted by Crippen LogP contribution is 2.26. The molecule has 28 heavy (non-hydrogen) atoms. The molecule has 0 atom stereocenters. The van der Waals surface area contributed by atoms with Crippen molar-refractivity contribution in [2.45, 2.75) is 11.4 Å². The fourth-order valence-corrected chi connectivity index (χ4v) is 4.58. The van der Waals surface area contributed by atoms with Gasteiger partial charge in [0.15, 0.2) is 5.03 Å². The SMILES string of the molecule is Cn1cnc(S(=O)(=O)N2CCCN(C(=O)c3ccc(Cl)c([N+](=O)[O-])c3)CC2)c1. The fourth-order valence-electron chi connectivity index (χ4n) is 2.96. The number of imidazole rings is 1. The zero-order valence-corrected chi connectivity index (χ0v) is 16.6. The number of nitro groups is 1. The maximum Gasteiger partial charge on any atom is 0.288 e. The Kier molecular flexibility index (Phi) is 5.68. The van der Waals surface area contributed by atoms with Gasteiger partial charge in [0.2, 0.25) is 0 Å². The van der Waals surface area contributed by atoms with E-state index in [4.69, 9.17) is 11.6 Å². The number of benzene rings is 1. The van der Waals surface area contributed by atoms with E-state index >= 15 is 0 Å². The van der Waals surface area contributed by atoms with Crippen LogP contribution in [-0.4, -0.2) is 64.2 Å². The molecule has 2 aromatic rings. The Balaban J connectivity index is 1.76. The molecule has 1 aliphatic heterocycles. The number of hydrogen-bond acceptors (Lipinski definition) is 6. The van der Waals surface area contributed by atoms with Gasteiger partial charge in [-0.3, -0.25) is 14.9 Å². The van der Waals surface area contributed by atoms with Gasteiger partial charge in [0.1, 0.15) is 5.02 Å². The highest BCUT2D eigenvalue weighted by Gasteiger charge is 2.30. The number of halogens is 1. The molecule has 10 nitrogen and oxygen atoms in total. The van der Waals surface area contributed by atoms with E-state index in [1.165, 1.54) is 33.9 Å². The molecule has 1 aliphatic rings. The summed E-state index contributed by atoms with van der Waals surface area (Å²) >= 11 is 5.79. The lowest BCUT2D eigenvalue weighted by Gasteiger charge is -2.21. The van der Waals surface area contributed by atoms with Crippen LogP contribution in [0.25, 0.3) is 0 Å². The average molecular weight is 428 g/mol. The zero-order valence-electron chi connectivity index (χ0n) is 15.0. The number of nitro benzene ring substituents is 1. The first kappa shape index (κ1) is 20.2. The summed E-state index contributed by atoms with van der Waals surface area (Å²) in [5.74, 6) is -0.406. The molecule has 1 amide bonds. The van der Waals surface area contributed by atoms with Crippen LogP contribution >= 0.6 is 11.6 Å². The minimum Gasteiger partial charge on any atom is -0.339 e. The topological polar surface area (TPSA) is 119 Å². The predicted molar refractivity (Wildman–Crippen MR) is 101 cm³/mol. The molecule has 0 saturated carbocycles. The van der Waals surface area contributed by atoms with Gasteiger partial charge in [-0.25, -0.2) is 13.4 Å². The second kappa shape index (κ2) is 7.86. The molecule has 150 valence electrons. The lowest BCUT2D eigenvalue weighted by molar-refractivity contribution is -0.384. The standard InChI is InChI=1S/C16H18ClN5O5S/c1-19-10-15(18-11-19)28(26,27)21-6-2-5-20(7-8-21)16(23)12-3-4-13(17)14(9-12)22(24)25/h3-4,9-11H,2,5-8H2,1H3. The van der Waals surface area contributed by atoms with Crippen LogP contribution in [-0.2, 0) is 17.1 Å². The van der Waals surface area contributed by atoms with Gasteiger partial charge in [-0.1, -0.05) is 11.6 Å². The lowest BCUT2D eigenvalue weighted by atomic mass is 10.1. The summed E-state index contributed by atoms with van der Waals surface area (Å²) in [4.78, 5) is 28.5. The highest BCUT2D eigenvalue weighted by atomic mass is 35.5. The van der Waals surface area contributed by atoms with Crippen molar-refractivity contribution in [3.63, 3.8) is 0 Å². The smallest absolute Gasteiger partial charge is 0.288 e. The zero-order chi connectivity index (χ0) is 20.5. The van der Waals surface area contributed by atoms with Gasteiger partial charge < -0.3 is 9.47 Å². The summed E-state index contributed by atoms with van der Waals surface area (Å²) in [7, 11) is -2.06. The van der Waals surface area contributed by atoms with Crippen LogP contribution in [0.3, 0.4) is 0 Å². The first-order valence-corrected chi connectivity index (χ1v) is 10.2. The number of rotatable bonds is 4. The molecule has 0 N–H and O–H groups in total. The van der Waals surface area contributed by atoms with Gasteiger partial charge in [0.25, 0.3) is 21.6 Å². The lowest BCUT2D eigenvalue weighted by Crippen LogP contribution is -2.37. The maximum absolute atomic E-state index is 12.7. The summed E-state index contributed by atoms with van der Waals surface area (Å²) in [6.07, 6.45) is 3.28. The van der Waals surface area contributed by atoms with E-state index in [0.717, 1.165) is 6.07 Å². The van der Waals surface area contributed by atoms with E-state index in [1.54, 1.807) is 11.6 Å².